The SMILES string of the molecule is COc1cc(CN2CCC(Cc3ccc(Cl)c(Cl)c3)(CC(O[Si](C)C)C(C)(C)C)C2=O)cc(OC)c1OC. The number of carbonyl (C=O) groups excluding carboxylic acids is 1. The van der Waals surface area contributed by atoms with E-state index in [1.807, 2.05) is 29.2 Å². The number of benzene rings is 2. The molecule has 0 aliphatic carbocycles. The summed E-state index contributed by atoms with van der Waals surface area (Å²) in [6, 6.07) is 9.45. The number of nitrogens with zero attached hydrogens (tertiary/aromatic N) is 1. The monoisotopic (exact) mass is 580 g/mol. The predicted octanol–water partition coefficient (Wildman–Crippen LogP) is 7.05. The topological polar surface area (TPSA) is 57.2 Å². The average molecular weight is 582 g/mol. The first kappa shape index (κ1) is 30.6. The van der Waals surface area contributed by atoms with Crippen LogP contribution in [0.15, 0.2) is 30.3 Å². The summed E-state index contributed by atoms with van der Waals surface area (Å²) in [7, 11) is 3.79. The van der Waals surface area contributed by atoms with E-state index >= 15 is 0 Å². The third-order valence-electron chi connectivity index (χ3n) is 7.15. The van der Waals surface area contributed by atoms with Gasteiger partial charge in [0, 0.05) is 13.1 Å². The second kappa shape index (κ2) is 12.5. The first-order valence-corrected chi connectivity index (χ1v) is 16.0. The Kier molecular flexibility index (Phi) is 10.1. The van der Waals surface area contributed by atoms with Crippen molar-refractivity contribution in [3.05, 3.63) is 51.5 Å². The van der Waals surface area contributed by atoms with Gasteiger partial charge in [0.05, 0.1) is 42.9 Å². The molecule has 1 fully saturated rings. The molecule has 9 heteroatoms. The van der Waals surface area contributed by atoms with Crippen LogP contribution in [0.3, 0.4) is 0 Å². The van der Waals surface area contributed by atoms with Crippen molar-refractivity contribution in [2.75, 3.05) is 27.9 Å². The quantitative estimate of drug-likeness (QED) is 0.266. The zero-order valence-corrected chi connectivity index (χ0v) is 26.3. The number of halogens is 2. The molecule has 38 heavy (non-hydrogen) atoms. The molecular formula is C29H40Cl2NO5Si. The van der Waals surface area contributed by atoms with E-state index in [0.29, 0.717) is 53.2 Å². The van der Waals surface area contributed by atoms with Crippen LogP contribution in [0.1, 0.15) is 44.7 Å². The molecule has 1 radical (unpaired) electrons. The molecule has 1 aliphatic rings. The van der Waals surface area contributed by atoms with Crippen LogP contribution in [0.5, 0.6) is 17.2 Å². The van der Waals surface area contributed by atoms with Crippen molar-refractivity contribution >= 4 is 38.1 Å². The summed E-state index contributed by atoms with van der Waals surface area (Å²) in [5, 5.41) is 1.00. The Labute approximate surface area is 239 Å². The smallest absolute Gasteiger partial charge is 0.229 e. The Hall–Kier alpha value is -1.93. The number of hydrogen-bond acceptors (Lipinski definition) is 5. The summed E-state index contributed by atoms with van der Waals surface area (Å²) in [6.07, 6.45) is 1.87. The maximum Gasteiger partial charge on any atom is 0.229 e. The number of carbonyl (C=O) groups is 1. The summed E-state index contributed by atoms with van der Waals surface area (Å²) in [5.74, 6) is 1.79. The number of amides is 1. The molecule has 0 aromatic heterocycles. The Bertz CT molecular complexity index is 1110. The van der Waals surface area contributed by atoms with Gasteiger partial charge in [-0.3, -0.25) is 4.79 Å². The van der Waals surface area contributed by atoms with Crippen LogP contribution in [0, 0.1) is 10.8 Å². The molecule has 0 saturated carbocycles. The van der Waals surface area contributed by atoms with Gasteiger partial charge in [0.1, 0.15) is 0 Å². The second-order valence-corrected chi connectivity index (χ2v) is 14.2. The summed E-state index contributed by atoms with van der Waals surface area (Å²) in [5.41, 5.74) is 1.17. The van der Waals surface area contributed by atoms with E-state index in [0.717, 1.165) is 17.5 Å². The lowest BCUT2D eigenvalue weighted by molar-refractivity contribution is -0.138. The molecule has 1 heterocycles. The summed E-state index contributed by atoms with van der Waals surface area (Å²) >= 11 is 12.6. The molecule has 2 atom stereocenters. The highest BCUT2D eigenvalue weighted by Gasteiger charge is 2.49. The maximum absolute atomic E-state index is 14.3. The van der Waals surface area contributed by atoms with Crippen LogP contribution < -0.4 is 14.2 Å². The standard InChI is InChI=1S/C29H40Cl2NO5Si/c1-28(2,3)25(37-38(7)8)17-29(16-19-9-10-21(30)22(31)13-19)11-12-32(27(29)33)18-20-14-23(34-4)26(36-6)24(15-20)35-5/h9-10,13-15,25H,11-12,16-18H2,1-8H3. The lowest BCUT2D eigenvalue weighted by Crippen LogP contribution is -2.43. The fourth-order valence-corrected chi connectivity index (χ4v) is 6.45. The molecule has 1 amide bonds. The van der Waals surface area contributed by atoms with Gasteiger partial charge in [-0.25, -0.2) is 0 Å². The lowest BCUT2D eigenvalue weighted by Gasteiger charge is -2.39. The molecule has 3 rings (SSSR count). The Balaban J connectivity index is 1.98. The molecule has 2 unspecified atom stereocenters. The van der Waals surface area contributed by atoms with Crippen LogP contribution >= 0.6 is 23.2 Å². The fourth-order valence-electron chi connectivity index (χ4n) is 5.12. The summed E-state index contributed by atoms with van der Waals surface area (Å²) in [6.45, 7) is 11.9. The van der Waals surface area contributed by atoms with E-state index < -0.39 is 14.5 Å². The van der Waals surface area contributed by atoms with E-state index in [1.165, 1.54) is 0 Å². The highest BCUT2D eigenvalue weighted by atomic mass is 35.5. The van der Waals surface area contributed by atoms with E-state index in [4.69, 9.17) is 41.8 Å². The largest absolute Gasteiger partial charge is 0.493 e. The summed E-state index contributed by atoms with van der Waals surface area (Å²) in [4.78, 5) is 16.2. The van der Waals surface area contributed by atoms with Crippen LogP contribution in [0.4, 0.5) is 0 Å². The molecule has 6 nitrogen and oxygen atoms in total. The van der Waals surface area contributed by atoms with Gasteiger partial charge >= 0.3 is 0 Å². The number of methoxy groups -OCH3 is 3. The highest BCUT2D eigenvalue weighted by molar-refractivity contribution is 6.48. The van der Waals surface area contributed by atoms with Gasteiger partial charge in [0.15, 0.2) is 11.5 Å². The maximum atomic E-state index is 14.3. The second-order valence-electron chi connectivity index (χ2n) is 11.3. The first-order chi connectivity index (χ1) is 17.8. The molecule has 209 valence electrons. The van der Waals surface area contributed by atoms with Crippen molar-refractivity contribution in [2.24, 2.45) is 10.8 Å². The minimum atomic E-state index is -0.971. The van der Waals surface area contributed by atoms with Crippen molar-refractivity contribution in [3.8, 4) is 17.2 Å². The zero-order valence-electron chi connectivity index (χ0n) is 23.7. The van der Waals surface area contributed by atoms with Gasteiger partial charge in [-0.1, -0.05) is 50.0 Å². The number of likely N-dealkylation sites (tertiary alicyclic amines) is 1. The van der Waals surface area contributed by atoms with Crippen molar-refractivity contribution in [3.63, 3.8) is 0 Å². The molecule has 0 N–H and O–H groups in total. The van der Waals surface area contributed by atoms with E-state index in [2.05, 4.69) is 33.9 Å². The molecule has 2 aromatic carbocycles. The molecular weight excluding hydrogens is 541 g/mol. The van der Waals surface area contributed by atoms with Crippen LogP contribution in [-0.2, 0) is 22.2 Å². The minimum absolute atomic E-state index is 0.0563. The predicted molar refractivity (Wildman–Crippen MR) is 155 cm³/mol. The van der Waals surface area contributed by atoms with Crippen LogP contribution in [0.25, 0.3) is 0 Å². The molecule has 1 saturated heterocycles. The third-order valence-corrected chi connectivity index (χ3v) is 8.64. The first-order valence-electron chi connectivity index (χ1n) is 12.8. The van der Waals surface area contributed by atoms with Gasteiger partial charge in [-0.05, 0) is 73.2 Å². The van der Waals surface area contributed by atoms with Gasteiger partial charge in [0.25, 0.3) is 0 Å². The Morgan fingerprint density at radius 3 is 2.11 bits per heavy atom. The van der Waals surface area contributed by atoms with E-state index in [-0.39, 0.29) is 17.4 Å². The van der Waals surface area contributed by atoms with E-state index in [9.17, 15) is 4.79 Å². The number of ether oxygens (including phenoxy) is 3. The van der Waals surface area contributed by atoms with Crippen LogP contribution in [-0.4, -0.2) is 53.8 Å². The molecule has 0 bridgehead atoms. The van der Waals surface area contributed by atoms with Gasteiger partial charge in [-0.2, -0.15) is 0 Å². The average Bonchev–Trinajstić information content (AvgIpc) is 3.14. The molecule has 1 aliphatic heterocycles. The number of hydrogen-bond donors (Lipinski definition) is 0. The van der Waals surface area contributed by atoms with Crippen molar-refractivity contribution < 1.29 is 23.4 Å². The fraction of sp³-hybridized carbons (Fsp3) is 0.552. The van der Waals surface area contributed by atoms with Crippen LogP contribution in [0.2, 0.25) is 23.1 Å². The number of rotatable bonds is 11. The van der Waals surface area contributed by atoms with Crippen molar-refractivity contribution in [1.29, 1.82) is 0 Å². The van der Waals surface area contributed by atoms with Gasteiger partial charge in [0.2, 0.25) is 20.7 Å². The minimum Gasteiger partial charge on any atom is -0.493 e. The van der Waals surface area contributed by atoms with Crippen molar-refractivity contribution in [2.45, 2.75) is 65.8 Å². The Morgan fingerprint density at radius 1 is 0.974 bits per heavy atom. The molecule has 2 aromatic rings. The van der Waals surface area contributed by atoms with Gasteiger partial charge < -0.3 is 23.5 Å². The lowest BCUT2D eigenvalue weighted by atomic mass is 9.71. The van der Waals surface area contributed by atoms with Gasteiger partial charge in [-0.15, -0.1) is 0 Å². The normalized spacial score (nSPS) is 18.7. The van der Waals surface area contributed by atoms with Crippen molar-refractivity contribution in [1.82, 2.24) is 4.90 Å². The highest BCUT2D eigenvalue weighted by Crippen LogP contribution is 2.45. The Morgan fingerprint density at radius 2 is 1.61 bits per heavy atom. The summed E-state index contributed by atoms with van der Waals surface area (Å²) < 4.78 is 23.0. The third kappa shape index (κ3) is 6.98. The van der Waals surface area contributed by atoms with E-state index in [1.54, 1.807) is 27.4 Å². The zero-order chi connectivity index (χ0) is 28.3. The molecule has 0 spiro atoms.